The molecule has 0 spiro atoms. The smallest absolute Gasteiger partial charge is 0.312 e. The molecule has 94 valence electrons. The fraction of sp³-hybridized carbons (Fsp3) is 0.500. The van der Waals surface area contributed by atoms with Crippen LogP contribution in [0, 0.1) is 18.8 Å². The van der Waals surface area contributed by atoms with E-state index in [1.54, 1.807) is 0 Å². The lowest BCUT2D eigenvalue weighted by molar-refractivity contribution is -0.148. The van der Waals surface area contributed by atoms with Gasteiger partial charge in [-0.05, 0) is 30.5 Å². The summed E-state index contributed by atoms with van der Waals surface area (Å²) in [5.74, 6) is 0.556. The van der Waals surface area contributed by atoms with Crippen LogP contribution < -0.4 is 4.74 Å². The van der Waals surface area contributed by atoms with Crippen LogP contribution in [-0.2, 0) is 9.53 Å². The molecule has 0 fully saturated rings. The van der Waals surface area contributed by atoms with E-state index >= 15 is 0 Å². The number of benzene rings is 1. The number of aryl methyl sites for hydroxylation is 1. The third-order valence-electron chi connectivity index (χ3n) is 2.73. The Kier molecular flexibility index (Phi) is 5.01. The Morgan fingerprint density at radius 1 is 1.35 bits per heavy atom. The van der Waals surface area contributed by atoms with Crippen molar-refractivity contribution in [1.82, 2.24) is 0 Å². The first-order valence-electron chi connectivity index (χ1n) is 5.82. The highest BCUT2D eigenvalue weighted by Crippen LogP contribution is 2.17. The summed E-state index contributed by atoms with van der Waals surface area (Å²) >= 11 is 0. The molecule has 0 saturated carbocycles. The van der Waals surface area contributed by atoms with E-state index in [0.29, 0.717) is 6.61 Å². The van der Waals surface area contributed by atoms with Crippen LogP contribution >= 0.6 is 0 Å². The van der Waals surface area contributed by atoms with E-state index in [1.165, 1.54) is 7.11 Å². The van der Waals surface area contributed by atoms with Gasteiger partial charge in [0.05, 0.1) is 13.0 Å². The highest BCUT2D eigenvalue weighted by Gasteiger charge is 2.23. The summed E-state index contributed by atoms with van der Waals surface area (Å²) in [5.41, 5.74) is 1.14. The first kappa shape index (κ1) is 13.6. The van der Waals surface area contributed by atoms with Crippen molar-refractivity contribution in [2.45, 2.75) is 20.8 Å². The van der Waals surface area contributed by atoms with Crippen LogP contribution in [0.15, 0.2) is 24.3 Å². The number of rotatable bonds is 5. The van der Waals surface area contributed by atoms with Gasteiger partial charge in [0.2, 0.25) is 0 Å². The maximum absolute atomic E-state index is 11.5. The van der Waals surface area contributed by atoms with Gasteiger partial charge in [-0.15, -0.1) is 0 Å². The Morgan fingerprint density at radius 3 is 2.59 bits per heavy atom. The molecule has 0 radical (unpaired) electrons. The summed E-state index contributed by atoms with van der Waals surface area (Å²) in [7, 11) is 1.41. The Morgan fingerprint density at radius 2 is 2.06 bits per heavy atom. The lowest BCUT2D eigenvalue weighted by Crippen LogP contribution is -2.27. The van der Waals surface area contributed by atoms with Crippen molar-refractivity contribution >= 4 is 5.97 Å². The lowest BCUT2D eigenvalue weighted by atomic mass is 9.97. The SMILES string of the molecule is COC(=O)C(COc1cccc(C)c1)C(C)C. The first-order valence-corrected chi connectivity index (χ1v) is 5.82. The van der Waals surface area contributed by atoms with Crippen molar-refractivity contribution in [3.05, 3.63) is 29.8 Å². The average Bonchev–Trinajstić information content (AvgIpc) is 2.28. The predicted octanol–water partition coefficient (Wildman–Crippen LogP) is 2.82. The van der Waals surface area contributed by atoms with E-state index in [9.17, 15) is 4.79 Å². The fourth-order valence-corrected chi connectivity index (χ4v) is 1.58. The average molecular weight is 236 g/mol. The highest BCUT2D eigenvalue weighted by atomic mass is 16.5. The summed E-state index contributed by atoms with van der Waals surface area (Å²) in [6.45, 7) is 6.34. The van der Waals surface area contributed by atoms with E-state index in [-0.39, 0.29) is 17.8 Å². The van der Waals surface area contributed by atoms with Gasteiger partial charge in [0.25, 0.3) is 0 Å². The molecule has 1 aromatic rings. The molecule has 3 nitrogen and oxygen atoms in total. The van der Waals surface area contributed by atoms with E-state index in [0.717, 1.165) is 11.3 Å². The van der Waals surface area contributed by atoms with E-state index in [2.05, 4.69) is 0 Å². The van der Waals surface area contributed by atoms with Crippen LogP contribution in [0.5, 0.6) is 5.75 Å². The number of hydrogen-bond donors (Lipinski definition) is 0. The highest BCUT2D eigenvalue weighted by molar-refractivity contribution is 5.72. The number of hydrogen-bond acceptors (Lipinski definition) is 3. The van der Waals surface area contributed by atoms with Crippen molar-refractivity contribution in [3.63, 3.8) is 0 Å². The Balaban J connectivity index is 2.61. The van der Waals surface area contributed by atoms with Gasteiger partial charge in [0.15, 0.2) is 0 Å². The normalized spacial score (nSPS) is 12.3. The zero-order valence-corrected chi connectivity index (χ0v) is 10.9. The first-order chi connectivity index (χ1) is 8.04. The molecule has 17 heavy (non-hydrogen) atoms. The molecule has 0 aliphatic heterocycles. The molecular weight excluding hydrogens is 216 g/mol. The van der Waals surface area contributed by atoms with E-state index in [4.69, 9.17) is 9.47 Å². The maximum atomic E-state index is 11.5. The second-order valence-corrected chi connectivity index (χ2v) is 4.50. The van der Waals surface area contributed by atoms with Gasteiger partial charge in [0, 0.05) is 0 Å². The standard InChI is InChI=1S/C14H20O3/c1-10(2)13(14(15)16-4)9-17-12-7-5-6-11(3)8-12/h5-8,10,13H,9H2,1-4H3. The lowest BCUT2D eigenvalue weighted by Gasteiger charge is -2.18. The topological polar surface area (TPSA) is 35.5 Å². The van der Waals surface area contributed by atoms with Crippen molar-refractivity contribution < 1.29 is 14.3 Å². The molecule has 0 aliphatic carbocycles. The van der Waals surface area contributed by atoms with Gasteiger partial charge in [-0.25, -0.2) is 0 Å². The minimum atomic E-state index is -0.222. The third kappa shape index (κ3) is 4.10. The minimum absolute atomic E-state index is 0.201. The molecule has 1 atom stereocenters. The molecule has 3 heteroatoms. The van der Waals surface area contributed by atoms with Gasteiger partial charge in [-0.3, -0.25) is 4.79 Å². The van der Waals surface area contributed by atoms with Crippen molar-refractivity contribution in [3.8, 4) is 5.75 Å². The zero-order valence-electron chi connectivity index (χ0n) is 10.9. The zero-order chi connectivity index (χ0) is 12.8. The molecule has 0 aliphatic rings. The molecule has 1 aromatic carbocycles. The second-order valence-electron chi connectivity index (χ2n) is 4.50. The maximum Gasteiger partial charge on any atom is 0.312 e. The van der Waals surface area contributed by atoms with Crippen LogP contribution in [0.25, 0.3) is 0 Å². The van der Waals surface area contributed by atoms with Gasteiger partial charge >= 0.3 is 5.97 Å². The Labute approximate surface area is 103 Å². The van der Waals surface area contributed by atoms with Crippen LogP contribution in [0.3, 0.4) is 0 Å². The van der Waals surface area contributed by atoms with Crippen molar-refractivity contribution in [2.75, 3.05) is 13.7 Å². The molecule has 1 unspecified atom stereocenters. The van der Waals surface area contributed by atoms with Crippen LogP contribution in [-0.4, -0.2) is 19.7 Å². The predicted molar refractivity (Wildman–Crippen MR) is 67.0 cm³/mol. The second kappa shape index (κ2) is 6.28. The van der Waals surface area contributed by atoms with Crippen LogP contribution in [0.2, 0.25) is 0 Å². The number of carbonyl (C=O) groups excluding carboxylic acids is 1. The molecule has 0 aromatic heterocycles. The van der Waals surface area contributed by atoms with Gasteiger partial charge in [-0.2, -0.15) is 0 Å². The number of methoxy groups -OCH3 is 1. The van der Waals surface area contributed by atoms with Crippen molar-refractivity contribution in [2.24, 2.45) is 11.8 Å². The monoisotopic (exact) mass is 236 g/mol. The fourth-order valence-electron chi connectivity index (χ4n) is 1.58. The van der Waals surface area contributed by atoms with Crippen LogP contribution in [0.4, 0.5) is 0 Å². The third-order valence-corrected chi connectivity index (χ3v) is 2.73. The van der Waals surface area contributed by atoms with Crippen LogP contribution in [0.1, 0.15) is 19.4 Å². The molecule has 1 rings (SSSR count). The van der Waals surface area contributed by atoms with E-state index < -0.39 is 0 Å². The Hall–Kier alpha value is -1.51. The quantitative estimate of drug-likeness (QED) is 0.737. The largest absolute Gasteiger partial charge is 0.493 e. The minimum Gasteiger partial charge on any atom is -0.493 e. The van der Waals surface area contributed by atoms with Gasteiger partial charge in [0.1, 0.15) is 12.4 Å². The van der Waals surface area contributed by atoms with Gasteiger partial charge in [-0.1, -0.05) is 26.0 Å². The molecule has 0 amide bonds. The summed E-state index contributed by atoms with van der Waals surface area (Å²) in [6, 6.07) is 7.79. The van der Waals surface area contributed by atoms with E-state index in [1.807, 2.05) is 45.0 Å². The molecule has 0 heterocycles. The van der Waals surface area contributed by atoms with Crippen molar-refractivity contribution in [1.29, 1.82) is 0 Å². The molecule has 0 N–H and O–H groups in total. The molecule has 0 saturated heterocycles. The number of carbonyl (C=O) groups is 1. The summed E-state index contributed by atoms with van der Waals surface area (Å²) < 4.78 is 10.4. The van der Waals surface area contributed by atoms with Gasteiger partial charge < -0.3 is 9.47 Å². The summed E-state index contributed by atoms with van der Waals surface area (Å²) in [5, 5.41) is 0. The number of ether oxygens (including phenoxy) is 2. The Bertz CT molecular complexity index is 371. The molecular formula is C14H20O3. The summed E-state index contributed by atoms with van der Waals surface area (Å²) in [4.78, 5) is 11.5. The summed E-state index contributed by atoms with van der Waals surface area (Å²) in [6.07, 6.45) is 0. The molecule has 0 bridgehead atoms. The number of esters is 1.